The molecular formula is C12H16ClN3. The lowest BCUT2D eigenvalue weighted by molar-refractivity contribution is 0.676. The third kappa shape index (κ3) is 1.69. The van der Waals surface area contributed by atoms with E-state index in [0.717, 1.165) is 29.0 Å². The fraction of sp³-hybridized carbons (Fsp3) is 0.500. The number of aryl methyl sites for hydroxylation is 1. The second kappa shape index (κ2) is 4.06. The van der Waals surface area contributed by atoms with Gasteiger partial charge in [0.2, 0.25) is 0 Å². The molecule has 2 aromatic heterocycles. The van der Waals surface area contributed by atoms with E-state index in [1.54, 1.807) is 4.52 Å². The van der Waals surface area contributed by atoms with Crippen LogP contribution in [0.5, 0.6) is 0 Å². The van der Waals surface area contributed by atoms with E-state index in [9.17, 15) is 0 Å². The number of halogens is 1. The van der Waals surface area contributed by atoms with Crippen LogP contribution in [-0.2, 0) is 0 Å². The molecule has 4 heteroatoms. The average Bonchev–Trinajstić information content (AvgIpc) is 2.69. The first-order valence-electron chi connectivity index (χ1n) is 5.57. The van der Waals surface area contributed by atoms with E-state index in [2.05, 4.69) is 23.9 Å². The van der Waals surface area contributed by atoms with Crippen molar-refractivity contribution < 1.29 is 0 Å². The van der Waals surface area contributed by atoms with E-state index in [0.29, 0.717) is 11.1 Å². The molecule has 0 aliphatic rings. The van der Waals surface area contributed by atoms with Gasteiger partial charge in [0.1, 0.15) is 5.15 Å². The molecule has 0 bridgehead atoms. The largest absolute Gasteiger partial charge is 0.212 e. The molecule has 0 aromatic carbocycles. The van der Waals surface area contributed by atoms with Crippen molar-refractivity contribution in [2.75, 3.05) is 0 Å². The number of aromatic nitrogens is 3. The zero-order valence-electron chi connectivity index (χ0n) is 10.1. The zero-order valence-corrected chi connectivity index (χ0v) is 10.8. The van der Waals surface area contributed by atoms with Gasteiger partial charge in [-0.15, -0.1) is 5.10 Å². The Morgan fingerprint density at radius 3 is 2.75 bits per heavy atom. The van der Waals surface area contributed by atoms with Gasteiger partial charge in [0.05, 0.1) is 0 Å². The van der Waals surface area contributed by atoms with E-state index in [1.165, 1.54) is 0 Å². The van der Waals surface area contributed by atoms with Gasteiger partial charge in [0.25, 0.3) is 0 Å². The lowest BCUT2D eigenvalue weighted by atomic mass is 10.1. The molecule has 1 unspecified atom stereocenters. The monoisotopic (exact) mass is 237 g/mol. The van der Waals surface area contributed by atoms with E-state index in [-0.39, 0.29) is 0 Å². The van der Waals surface area contributed by atoms with Crippen LogP contribution in [0.4, 0.5) is 0 Å². The highest BCUT2D eigenvalue weighted by atomic mass is 35.5. The Bertz CT molecular complexity index is 531. The predicted octanol–water partition coefficient (Wildman–Crippen LogP) is 3.51. The SMILES string of the molecule is CCC(C)c1nc2cc(C)c(C)c(Cl)n2n1. The number of hydrogen-bond donors (Lipinski definition) is 0. The van der Waals surface area contributed by atoms with E-state index in [1.807, 2.05) is 19.9 Å². The van der Waals surface area contributed by atoms with Gasteiger partial charge in [0, 0.05) is 5.92 Å². The van der Waals surface area contributed by atoms with E-state index < -0.39 is 0 Å². The van der Waals surface area contributed by atoms with Crippen molar-refractivity contribution in [1.29, 1.82) is 0 Å². The maximum Gasteiger partial charge on any atom is 0.157 e. The predicted molar refractivity (Wildman–Crippen MR) is 66.2 cm³/mol. The molecule has 0 amide bonds. The van der Waals surface area contributed by atoms with Crippen LogP contribution in [0.2, 0.25) is 5.15 Å². The maximum absolute atomic E-state index is 6.25. The minimum atomic E-state index is 0.372. The molecule has 0 fully saturated rings. The molecule has 1 atom stereocenters. The highest BCUT2D eigenvalue weighted by molar-refractivity contribution is 6.30. The molecular weight excluding hydrogens is 222 g/mol. The molecule has 2 heterocycles. The summed E-state index contributed by atoms with van der Waals surface area (Å²) in [6, 6.07) is 2.03. The minimum Gasteiger partial charge on any atom is -0.212 e. The molecule has 2 rings (SSSR count). The summed E-state index contributed by atoms with van der Waals surface area (Å²) in [7, 11) is 0. The lowest BCUT2D eigenvalue weighted by Gasteiger charge is -2.03. The fourth-order valence-corrected chi connectivity index (χ4v) is 1.87. The van der Waals surface area contributed by atoms with Gasteiger partial charge in [-0.3, -0.25) is 0 Å². The third-order valence-corrected chi connectivity index (χ3v) is 3.58. The summed E-state index contributed by atoms with van der Waals surface area (Å²) in [5.41, 5.74) is 3.05. The average molecular weight is 238 g/mol. The van der Waals surface area contributed by atoms with Crippen molar-refractivity contribution in [3.8, 4) is 0 Å². The fourth-order valence-electron chi connectivity index (χ4n) is 1.59. The number of hydrogen-bond acceptors (Lipinski definition) is 2. The smallest absolute Gasteiger partial charge is 0.157 e. The number of fused-ring (bicyclic) bond motifs is 1. The topological polar surface area (TPSA) is 30.2 Å². The molecule has 0 saturated carbocycles. The molecule has 16 heavy (non-hydrogen) atoms. The van der Waals surface area contributed by atoms with Crippen LogP contribution in [0.25, 0.3) is 5.65 Å². The summed E-state index contributed by atoms with van der Waals surface area (Å²) in [4.78, 5) is 4.51. The van der Waals surface area contributed by atoms with Crippen LogP contribution >= 0.6 is 11.6 Å². The molecule has 0 spiro atoms. The maximum atomic E-state index is 6.25. The standard InChI is InChI=1S/C12H16ClN3/c1-5-7(2)12-14-10-6-8(3)9(4)11(13)16(10)15-12/h6-7H,5H2,1-4H3. The first-order chi connectivity index (χ1) is 7.54. The molecule has 0 saturated heterocycles. The van der Waals surface area contributed by atoms with Crippen molar-refractivity contribution in [2.45, 2.75) is 40.0 Å². The molecule has 0 N–H and O–H groups in total. The van der Waals surface area contributed by atoms with Gasteiger partial charge in [-0.2, -0.15) is 0 Å². The van der Waals surface area contributed by atoms with Crippen molar-refractivity contribution in [2.24, 2.45) is 0 Å². The quantitative estimate of drug-likeness (QED) is 0.749. The van der Waals surface area contributed by atoms with Crippen LogP contribution in [0, 0.1) is 13.8 Å². The highest BCUT2D eigenvalue weighted by Gasteiger charge is 2.13. The number of pyridine rings is 1. The molecule has 2 aromatic rings. The number of rotatable bonds is 2. The normalized spacial score (nSPS) is 13.3. The Morgan fingerprint density at radius 2 is 2.12 bits per heavy atom. The van der Waals surface area contributed by atoms with Crippen LogP contribution in [0.1, 0.15) is 43.1 Å². The van der Waals surface area contributed by atoms with Gasteiger partial charge >= 0.3 is 0 Å². The number of nitrogens with zero attached hydrogens (tertiary/aromatic N) is 3. The van der Waals surface area contributed by atoms with Crippen LogP contribution in [-0.4, -0.2) is 14.6 Å². The summed E-state index contributed by atoms with van der Waals surface area (Å²) in [6.07, 6.45) is 1.03. The van der Waals surface area contributed by atoms with E-state index >= 15 is 0 Å². The second-order valence-corrected chi connectivity index (χ2v) is 4.65. The van der Waals surface area contributed by atoms with Gasteiger partial charge < -0.3 is 0 Å². The van der Waals surface area contributed by atoms with E-state index in [4.69, 9.17) is 11.6 Å². The van der Waals surface area contributed by atoms with Crippen molar-refractivity contribution in [1.82, 2.24) is 14.6 Å². The Balaban J connectivity index is 2.66. The first-order valence-corrected chi connectivity index (χ1v) is 5.94. The lowest BCUT2D eigenvalue weighted by Crippen LogP contribution is -1.97. The van der Waals surface area contributed by atoms with Gasteiger partial charge in [0.15, 0.2) is 11.5 Å². The Kier molecular flexibility index (Phi) is 2.89. The van der Waals surface area contributed by atoms with Crippen LogP contribution < -0.4 is 0 Å². The molecule has 0 aliphatic heterocycles. The molecule has 0 aliphatic carbocycles. The zero-order chi connectivity index (χ0) is 11.9. The summed E-state index contributed by atoms with van der Waals surface area (Å²) >= 11 is 6.25. The van der Waals surface area contributed by atoms with Crippen molar-refractivity contribution >= 4 is 17.2 Å². The third-order valence-electron chi connectivity index (χ3n) is 3.13. The molecule has 3 nitrogen and oxygen atoms in total. The Hall–Kier alpha value is -1.09. The summed E-state index contributed by atoms with van der Waals surface area (Å²) < 4.78 is 1.73. The Labute approximate surface area is 100 Å². The highest BCUT2D eigenvalue weighted by Crippen LogP contribution is 2.23. The minimum absolute atomic E-state index is 0.372. The Morgan fingerprint density at radius 1 is 1.44 bits per heavy atom. The van der Waals surface area contributed by atoms with Crippen molar-refractivity contribution in [3.05, 3.63) is 28.2 Å². The summed E-state index contributed by atoms with van der Waals surface area (Å²) in [5, 5.41) is 5.12. The van der Waals surface area contributed by atoms with Crippen LogP contribution in [0.15, 0.2) is 6.07 Å². The first kappa shape index (κ1) is 11.4. The van der Waals surface area contributed by atoms with Gasteiger partial charge in [-0.05, 0) is 37.5 Å². The second-order valence-electron chi connectivity index (χ2n) is 4.29. The summed E-state index contributed by atoms with van der Waals surface area (Å²) in [5.74, 6) is 1.24. The molecule has 0 radical (unpaired) electrons. The van der Waals surface area contributed by atoms with Gasteiger partial charge in [-0.25, -0.2) is 9.50 Å². The van der Waals surface area contributed by atoms with Crippen molar-refractivity contribution in [3.63, 3.8) is 0 Å². The van der Waals surface area contributed by atoms with Gasteiger partial charge in [-0.1, -0.05) is 25.4 Å². The molecule has 86 valence electrons. The summed E-state index contributed by atoms with van der Waals surface area (Å²) in [6.45, 7) is 8.30. The van der Waals surface area contributed by atoms with Crippen LogP contribution in [0.3, 0.4) is 0 Å².